The van der Waals surface area contributed by atoms with Gasteiger partial charge in [-0.1, -0.05) is 26.8 Å². The molecule has 1 saturated heterocycles. The smallest absolute Gasteiger partial charge is 0.229 e. The molecule has 1 aliphatic heterocycles. The molecule has 5 heteroatoms. The molecule has 0 bridgehead atoms. The maximum atomic E-state index is 12.6. The van der Waals surface area contributed by atoms with Gasteiger partial charge in [-0.25, -0.2) is 0 Å². The number of rotatable bonds is 3. The Bertz CT molecular complexity index is 827. The van der Waals surface area contributed by atoms with Gasteiger partial charge in [-0.05, 0) is 36.0 Å². The number of benzene rings is 1. The van der Waals surface area contributed by atoms with Gasteiger partial charge in [-0.2, -0.15) is 0 Å². The zero-order chi connectivity index (χ0) is 17.5. The quantitative estimate of drug-likeness (QED) is 0.908. The summed E-state index contributed by atoms with van der Waals surface area (Å²) < 4.78 is 5.62. The molecule has 3 rings (SSSR count). The number of fused-ring (bicyclic) bond motifs is 1. The van der Waals surface area contributed by atoms with Gasteiger partial charge < -0.3 is 15.5 Å². The zero-order valence-corrected chi connectivity index (χ0v) is 14.4. The molecule has 1 unspecified atom stereocenters. The Balaban J connectivity index is 2.10. The molecule has 24 heavy (non-hydrogen) atoms. The molecule has 1 fully saturated rings. The number of aromatic amines is 1. The molecular formula is C19H24N2O3. The van der Waals surface area contributed by atoms with Crippen LogP contribution in [0.15, 0.2) is 29.1 Å². The maximum absolute atomic E-state index is 12.6. The van der Waals surface area contributed by atoms with Gasteiger partial charge in [-0.3, -0.25) is 9.59 Å². The molecule has 0 aliphatic carbocycles. The van der Waals surface area contributed by atoms with E-state index < -0.39 is 11.8 Å². The van der Waals surface area contributed by atoms with E-state index in [1.807, 2.05) is 18.2 Å². The molecule has 0 saturated carbocycles. The highest BCUT2D eigenvalue weighted by molar-refractivity contribution is 5.84. The Hall–Kier alpha value is -2.14. The fraction of sp³-hybridized carbons (Fsp3) is 0.474. The highest BCUT2D eigenvalue weighted by Gasteiger charge is 2.32. The molecule has 1 aliphatic rings. The number of hydrogen-bond donors (Lipinski definition) is 2. The number of amides is 1. The van der Waals surface area contributed by atoms with Crippen molar-refractivity contribution in [1.82, 2.24) is 4.98 Å². The monoisotopic (exact) mass is 328 g/mol. The van der Waals surface area contributed by atoms with Crippen molar-refractivity contribution in [3.05, 3.63) is 45.7 Å². The number of pyridine rings is 1. The molecule has 2 aromatic rings. The first-order valence-electron chi connectivity index (χ1n) is 8.36. The van der Waals surface area contributed by atoms with Crippen LogP contribution in [-0.4, -0.2) is 23.6 Å². The number of hydrogen-bond acceptors (Lipinski definition) is 3. The van der Waals surface area contributed by atoms with Crippen molar-refractivity contribution < 1.29 is 9.53 Å². The van der Waals surface area contributed by atoms with Crippen molar-refractivity contribution in [1.29, 1.82) is 0 Å². The topological polar surface area (TPSA) is 85.2 Å². The van der Waals surface area contributed by atoms with Gasteiger partial charge in [-0.15, -0.1) is 0 Å². The molecule has 1 aromatic carbocycles. The van der Waals surface area contributed by atoms with E-state index in [1.54, 1.807) is 0 Å². The lowest BCUT2D eigenvalue weighted by Gasteiger charge is -2.21. The summed E-state index contributed by atoms with van der Waals surface area (Å²) in [5.74, 6) is -1.09. The maximum Gasteiger partial charge on any atom is 0.229 e. The summed E-state index contributed by atoms with van der Waals surface area (Å²) in [6.07, 6.45) is 1.42. The summed E-state index contributed by atoms with van der Waals surface area (Å²) in [6, 6.07) is 7.32. The zero-order valence-electron chi connectivity index (χ0n) is 14.4. The number of carbonyl (C=O) groups is 1. The summed E-state index contributed by atoms with van der Waals surface area (Å²) in [5.41, 5.74) is 7.80. The predicted octanol–water partition coefficient (Wildman–Crippen LogP) is 2.57. The predicted molar refractivity (Wildman–Crippen MR) is 94.2 cm³/mol. The van der Waals surface area contributed by atoms with E-state index in [0.717, 1.165) is 23.9 Å². The number of ether oxygens (including phenoxy) is 1. The van der Waals surface area contributed by atoms with E-state index in [1.165, 1.54) is 6.07 Å². The van der Waals surface area contributed by atoms with Crippen LogP contribution in [0.1, 0.15) is 50.8 Å². The molecule has 1 amide bonds. The summed E-state index contributed by atoms with van der Waals surface area (Å²) in [6.45, 7) is 6.95. The highest BCUT2D eigenvalue weighted by Crippen LogP contribution is 2.29. The van der Waals surface area contributed by atoms with Crippen molar-refractivity contribution in [2.45, 2.75) is 51.0 Å². The molecule has 0 radical (unpaired) electrons. The van der Waals surface area contributed by atoms with Crippen LogP contribution in [0.4, 0.5) is 0 Å². The number of aromatic nitrogens is 1. The second kappa shape index (κ2) is 6.06. The number of nitrogens with two attached hydrogens (primary N) is 1. The first-order valence-corrected chi connectivity index (χ1v) is 8.36. The van der Waals surface area contributed by atoms with Gasteiger partial charge >= 0.3 is 0 Å². The van der Waals surface area contributed by atoms with Crippen LogP contribution in [0.5, 0.6) is 0 Å². The summed E-state index contributed by atoms with van der Waals surface area (Å²) in [5, 5.41) is 0.627. The first-order chi connectivity index (χ1) is 11.3. The molecule has 5 nitrogen and oxygen atoms in total. The van der Waals surface area contributed by atoms with E-state index in [9.17, 15) is 9.59 Å². The van der Waals surface area contributed by atoms with Crippen LogP contribution in [0.25, 0.3) is 10.9 Å². The summed E-state index contributed by atoms with van der Waals surface area (Å²) >= 11 is 0. The fourth-order valence-electron chi connectivity index (χ4n) is 3.30. The SMILES string of the molecule is CC(C)(C)c1ccc2[nH]c([C@@H](C(N)=O)C3CCCO3)cc(=O)c2c1. The number of nitrogens with one attached hydrogen (secondary N) is 1. The van der Waals surface area contributed by atoms with Crippen LogP contribution in [-0.2, 0) is 14.9 Å². The summed E-state index contributed by atoms with van der Waals surface area (Å²) in [4.78, 5) is 27.8. The third-order valence-corrected chi connectivity index (χ3v) is 4.69. The minimum absolute atomic E-state index is 0.0350. The van der Waals surface area contributed by atoms with Gasteiger partial charge in [0.2, 0.25) is 5.91 Å². The van der Waals surface area contributed by atoms with Gasteiger partial charge in [0.1, 0.15) is 5.92 Å². The number of H-pyrrole nitrogens is 1. The third-order valence-electron chi connectivity index (χ3n) is 4.69. The van der Waals surface area contributed by atoms with Gasteiger partial charge in [0.25, 0.3) is 0 Å². The molecule has 2 heterocycles. The van der Waals surface area contributed by atoms with Gasteiger partial charge in [0, 0.05) is 29.3 Å². The van der Waals surface area contributed by atoms with Crippen molar-refractivity contribution in [3.63, 3.8) is 0 Å². The largest absolute Gasteiger partial charge is 0.377 e. The van der Waals surface area contributed by atoms with E-state index in [2.05, 4.69) is 25.8 Å². The Kier molecular flexibility index (Phi) is 4.22. The normalized spacial score (nSPS) is 19.5. The average molecular weight is 328 g/mol. The fourth-order valence-corrected chi connectivity index (χ4v) is 3.30. The number of carbonyl (C=O) groups excluding carboxylic acids is 1. The average Bonchev–Trinajstić information content (AvgIpc) is 2.99. The van der Waals surface area contributed by atoms with Gasteiger partial charge in [0.15, 0.2) is 5.43 Å². The molecule has 1 aromatic heterocycles. The standard InChI is InChI=1S/C19H24N2O3/c1-19(2,3)11-6-7-13-12(9-11)15(22)10-14(21-13)17(18(20)23)16-5-4-8-24-16/h6-7,9-10,16-17H,4-5,8H2,1-3H3,(H2,20,23)(H,21,22)/t16?,17-/m1/s1. The molecular weight excluding hydrogens is 304 g/mol. The minimum Gasteiger partial charge on any atom is -0.377 e. The lowest BCUT2D eigenvalue weighted by molar-refractivity contribution is -0.122. The van der Waals surface area contributed by atoms with Gasteiger partial charge in [0.05, 0.1) is 6.10 Å². The number of primary amides is 1. The van der Waals surface area contributed by atoms with Crippen LogP contribution in [0, 0.1) is 0 Å². The van der Waals surface area contributed by atoms with Crippen LogP contribution < -0.4 is 11.2 Å². The van der Waals surface area contributed by atoms with Crippen LogP contribution >= 0.6 is 0 Å². The second-order valence-electron chi connectivity index (χ2n) is 7.53. The summed E-state index contributed by atoms with van der Waals surface area (Å²) in [7, 11) is 0. The minimum atomic E-state index is -0.619. The molecule has 0 spiro atoms. The van der Waals surface area contributed by atoms with Crippen molar-refractivity contribution >= 4 is 16.8 Å². The van der Waals surface area contributed by atoms with E-state index in [0.29, 0.717) is 17.7 Å². The van der Waals surface area contributed by atoms with E-state index in [-0.39, 0.29) is 16.9 Å². The van der Waals surface area contributed by atoms with Crippen LogP contribution in [0.3, 0.4) is 0 Å². The Morgan fingerprint density at radius 2 is 2.08 bits per heavy atom. The van der Waals surface area contributed by atoms with Crippen molar-refractivity contribution in [2.24, 2.45) is 5.73 Å². The Morgan fingerprint density at radius 1 is 1.33 bits per heavy atom. The van der Waals surface area contributed by atoms with Crippen LogP contribution in [0.2, 0.25) is 0 Å². The Labute approximate surface area is 141 Å². The first kappa shape index (κ1) is 16.7. The van der Waals surface area contributed by atoms with Crippen molar-refractivity contribution in [3.8, 4) is 0 Å². The van der Waals surface area contributed by atoms with E-state index in [4.69, 9.17) is 10.5 Å². The highest BCUT2D eigenvalue weighted by atomic mass is 16.5. The third kappa shape index (κ3) is 3.08. The Morgan fingerprint density at radius 3 is 2.67 bits per heavy atom. The lowest BCUT2D eigenvalue weighted by Crippen LogP contribution is -2.32. The molecule has 2 atom stereocenters. The molecule has 128 valence electrons. The van der Waals surface area contributed by atoms with E-state index >= 15 is 0 Å². The van der Waals surface area contributed by atoms with Crippen molar-refractivity contribution in [2.75, 3.05) is 6.61 Å². The lowest BCUT2D eigenvalue weighted by atomic mass is 9.86. The molecule has 3 N–H and O–H groups in total. The second-order valence-corrected chi connectivity index (χ2v) is 7.53.